The molecule has 0 aromatic heterocycles. The second kappa shape index (κ2) is 5.68. The van der Waals surface area contributed by atoms with Crippen molar-refractivity contribution in [1.29, 1.82) is 0 Å². The zero-order chi connectivity index (χ0) is 13.9. The average Bonchev–Trinajstić information content (AvgIpc) is 2.95. The highest BCUT2D eigenvalue weighted by Gasteiger charge is 2.13. The highest BCUT2D eigenvalue weighted by Crippen LogP contribution is 2.27. The number of aliphatic hydroxyl groups excluding tert-OH is 1. The summed E-state index contributed by atoms with van der Waals surface area (Å²) in [4.78, 5) is 0. The number of anilines is 1. The molecule has 0 spiro atoms. The minimum absolute atomic E-state index is 0.0979. The van der Waals surface area contributed by atoms with Crippen LogP contribution < -0.4 is 5.32 Å². The van der Waals surface area contributed by atoms with Crippen LogP contribution in [-0.4, -0.2) is 5.11 Å². The molecule has 1 atom stereocenters. The van der Waals surface area contributed by atoms with E-state index in [-0.39, 0.29) is 6.61 Å². The molecule has 0 aliphatic heterocycles. The van der Waals surface area contributed by atoms with E-state index >= 15 is 0 Å². The van der Waals surface area contributed by atoms with Crippen molar-refractivity contribution in [3.63, 3.8) is 0 Å². The molecular formula is C18H21NO. The smallest absolute Gasteiger partial charge is 0.0681 e. The molecule has 0 bridgehead atoms. The van der Waals surface area contributed by atoms with E-state index in [9.17, 15) is 0 Å². The van der Waals surface area contributed by atoms with Gasteiger partial charge in [-0.25, -0.2) is 0 Å². The van der Waals surface area contributed by atoms with Gasteiger partial charge in [0.15, 0.2) is 0 Å². The van der Waals surface area contributed by atoms with E-state index in [4.69, 9.17) is 5.11 Å². The van der Waals surface area contributed by atoms with Gasteiger partial charge < -0.3 is 10.4 Å². The second-order valence-corrected chi connectivity index (χ2v) is 5.60. The van der Waals surface area contributed by atoms with Gasteiger partial charge in [-0.3, -0.25) is 0 Å². The third kappa shape index (κ3) is 2.70. The molecule has 2 aromatic carbocycles. The molecule has 1 aliphatic rings. The molecule has 0 amide bonds. The first-order valence-corrected chi connectivity index (χ1v) is 7.34. The van der Waals surface area contributed by atoms with Gasteiger partial charge in [0.05, 0.1) is 6.61 Å². The Hall–Kier alpha value is -1.80. The summed E-state index contributed by atoms with van der Waals surface area (Å²) >= 11 is 0. The van der Waals surface area contributed by atoms with Crippen LogP contribution in [0, 0.1) is 0 Å². The summed E-state index contributed by atoms with van der Waals surface area (Å²) in [6.07, 6.45) is 3.75. The van der Waals surface area contributed by atoms with Crippen molar-refractivity contribution in [2.24, 2.45) is 0 Å². The van der Waals surface area contributed by atoms with Crippen molar-refractivity contribution < 1.29 is 5.11 Å². The SMILES string of the molecule is CC(Nc1ccc(CO)cc1)c1ccc2c(c1)CCC2. The number of aryl methyl sites for hydroxylation is 2. The number of rotatable bonds is 4. The van der Waals surface area contributed by atoms with E-state index in [1.54, 1.807) is 0 Å². The summed E-state index contributed by atoms with van der Waals surface area (Å²) in [5.41, 5.74) is 6.42. The fourth-order valence-electron chi connectivity index (χ4n) is 2.90. The molecule has 0 fully saturated rings. The summed E-state index contributed by atoms with van der Waals surface area (Å²) in [6.45, 7) is 2.29. The molecule has 2 nitrogen and oxygen atoms in total. The topological polar surface area (TPSA) is 32.3 Å². The lowest BCUT2D eigenvalue weighted by atomic mass is 10.0. The lowest BCUT2D eigenvalue weighted by Gasteiger charge is -2.17. The van der Waals surface area contributed by atoms with E-state index in [1.807, 2.05) is 24.3 Å². The molecule has 2 heteroatoms. The molecule has 20 heavy (non-hydrogen) atoms. The normalized spacial score (nSPS) is 14.9. The number of hydrogen-bond donors (Lipinski definition) is 2. The maximum absolute atomic E-state index is 9.06. The van der Waals surface area contributed by atoms with Gasteiger partial charge in [-0.15, -0.1) is 0 Å². The number of aliphatic hydroxyl groups is 1. The minimum atomic E-state index is 0.0979. The maximum atomic E-state index is 9.06. The predicted octanol–water partition coefficient (Wildman–Crippen LogP) is 3.84. The minimum Gasteiger partial charge on any atom is -0.392 e. The van der Waals surface area contributed by atoms with Crippen LogP contribution in [0.25, 0.3) is 0 Å². The first-order chi connectivity index (χ1) is 9.76. The van der Waals surface area contributed by atoms with Crippen LogP contribution in [0.1, 0.15) is 41.6 Å². The van der Waals surface area contributed by atoms with Crippen LogP contribution in [0.2, 0.25) is 0 Å². The zero-order valence-electron chi connectivity index (χ0n) is 11.9. The molecule has 0 saturated carbocycles. The van der Waals surface area contributed by atoms with E-state index in [2.05, 4.69) is 30.4 Å². The lowest BCUT2D eigenvalue weighted by molar-refractivity contribution is 0.282. The highest BCUT2D eigenvalue weighted by molar-refractivity contribution is 5.47. The van der Waals surface area contributed by atoms with E-state index in [1.165, 1.54) is 36.0 Å². The van der Waals surface area contributed by atoms with Crippen LogP contribution in [0.15, 0.2) is 42.5 Å². The van der Waals surface area contributed by atoms with Crippen molar-refractivity contribution in [3.8, 4) is 0 Å². The van der Waals surface area contributed by atoms with Crippen LogP contribution in [-0.2, 0) is 19.4 Å². The Morgan fingerprint density at radius 1 is 1.05 bits per heavy atom. The van der Waals surface area contributed by atoms with E-state index in [0.717, 1.165) is 11.3 Å². The standard InChI is InChI=1S/C18H21NO/c1-13(19-18-9-5-14(12-20)6-10-18)16-8-7-15-3-2-4-17(15)11-16/h5-11,13,19-20H,2-4,12H2,1H3. The third-order valence-corrected chi connectivity index (χ3v) is 4.14. The molecule has 2 N–H and O–H groups in total. The fraction of sp³-hybridized carbons (Fsp3) is 0.333. The summed E-state index contributed by atoms with van der Waals surface area (Å²) < 4.78 is 0. The molecule has 104 valence electrons. The van der Waals surface area contributed by atoms with Gasteiger partial charge >= 0.3 is 0 Å². The Labute approximate surface area is 120 Å². The van der Waals surface area contributed by atoms with Crippen LogP contribution >= 0.6 is 0 Å². The summed E-state index contributed by atoms with van der Waals surface area (Å²) in [5, 5.41) is 12.6. The lowest BCUT2D eigenvalue weighted by Crippen LogP contribution is -2.07. The molecule has 0 heterocycles. The van der Waals surface area contributed by atoms with Crippen molar-refractivity contribution in [1.82, 2.24) is 0 Å². The van der Waals surface area contributed by atoms with Gasteiger partial charge in [0.1, 0.15) is 0 Å². The number of hydrogen-bond acceptors (Lipinski definition) is 2. The van der Waals surface area contributed by atoms with Gasteiger partial charge in [0, 0.05) is 11.7 Å². The van der Waals surface area contributed by atoms with Gasteiger partial charge in [0.25, 0.3) is 0 Å². The van der Waals surface area contributed by atoms with E-state index in [0.29, 0.717) is 6.04 Å². The van der Waals surface area contributed by atoms with Crippen molar-refractivity contribution in [2.75, 3.05) is 5.32 Å². The molecule has 1 aliphatic carbocycles. The Morgan fingerprint density at radius 3 is 2.55 bits per heavy atom. The Kier molecular flexibility index (Phi) is 3.75. The largest absolute Gasteiger partial charge is 0.392 e. The Morgan fingerprint density at radius 2 is 1.80 bits per heavy atom. The van der Waals surface area contributed by atoms with Crippen LogP contribution in [0.5, 0.6) is 0 Å². The van der Waals surface area contributed by atoms with Crippen molar-refractivity contribution in [2.45, 2.75) is 38.8 Å². The molecule has 0 saturated heterocycles. The van der Waals surface area contributed by atoms with Gasteiger partial charge in [-0.2, -0.15) is 0 Å². The number of fused-ring (bicyclic) bond motifs is 1. The summed E-state index contributed by atoms with van der Waals surface area (Å²) in [7, 11) is 0. The first-order valence-electron chi connectivity index (χ1n) is 7.34. The molecular weight excluding hydrogens is 246 g/mol. The Bertz CT molecular complexity index is 589. The maximum Gasteiger partial charge on any atom is 0.0681 e. The molecule has 0 radical (unpaired) electrons. The monoisotopic (exact) mass is 267 g/mol. The molecule has 3 rings (SSSR count). The number of benzene rings is 2. The van der Waals surface area contributed by atoms with Gasteiger partial charge in [-0.05, 0) is 60.6 Å². The van der Waals surface area contributed by atoms with E-state index < -0.39 is 0 Å². The second-order valence-electron chi connectivity index (χ2n) is 5.60. The van der Waals surface area contributed by atoms with Gasteiger partial charge in [0.2, 0.25) is 0 Å². The Balaban J connectivity index is 1.73. The number of nitrogens with one attached hydrogen (secondary N) is 1. The van der Waals surface area contributed by atoms with Crippen molar-refractivity contribution in [3.05, 3.63) is 64.7 Å². The quantitative estimate of drug-likeness (QED) is 0.882. The van der Waals surface area contributed by atoms with Crippen LogP contribution in [0.4, 0.5) is 5.69 Å². The predicted molar refractivity (Wildman–Crippen MR) is 82.9 cm³/mol. The van der Waals surface area contributed by atoms with Crippen molar-refractivity contribution >= 4 is 5.69 Å². The average molecular weight is 267 g/mol. The fourth-order valence-corrected chi connectivity index (χ4v) is 2.90. The molecule has 2 aromatic rings. The third-order valence-electron chi connectivity index (χ3n) is 4.14. The molecule has 1 unspecified atom stereocenters. The van der Waals surface area contributed by atoms with Gasteiger partial charge in [-0.1, -0.05) is 30.3 Å². The van der Waals surface area contributed by atoms with Crippen LogP contribution in [0.3, 0.4) is 0 Å². The summed E-state index contributed by atoms with van der Waals surface area (Å²) in [6, 6.07) is 15.1. The summed E-state index contributed by atoms with van der Waals surface area (Å²) in [5.74, 6) is 0. The first kappa shape index (κ1) is 13.2. The zero-order valence-corrected chi connectivity index (χ0v) is 11.9. The highest BCUT2D eigenvalue weighted by atomic mass is 16.3.